The van der Waals surface area contributed by atoms with E-state index in [9.17, 15) is 14.0 Å². The minimum Gasteiger partial charge on any atom is -0.335 e. The van der Waals surface area contributed by atoms with Gasteiger partial charge < -0.3 is 5.32 Å². The Balaban J connectivity index is 1.51. The SMILES string of the molecule is O=C(CSc1nnc(-c2ccccc2Cl)n1-c1ccccc1F)NC(=O)NC1CCCCC1. The standard InChI is InChI=1S/C23H23ClFN5O2S/c24-17-11-5-4-10-16(17)21-28-29-23(30(21)19-13-7-6-12-18(19)25)33-14-20(31)27-22(32)26-15-8-2-1-3-9-15/h4-7,10-13,15H,1-3,8-9,14H2,(H2,26,27,31,32). The van der Waals surface area contributed by atoms with E-state index in [-0.39, 0.29) is 17.5 Å². The lowest BCUT2D eigenvalue weighted by atomic mass is 9.96. The predicted molar refractivity (Wildman–Crippen MR) is 126 cm³/mol. The maximum absolute atomic E-state index is 14.7. The zero-order valence-corrected chi connectivity index (χ0v) is 19.3. The molecule has 0 unspecified atom stereocenters. The number of carbonyl (C=O) groups excluding carboxylic acids is 2. The van der Waals surface area contributed by atoms with Gasteiger partial charge in [0.1, 0.15) is 5.82 Å². The lowest BCUT2D eigenvalue weighted by molar-refractivity contribution is -0.117. The van der Waals surface area contributed by atoms with Crippen LogP contribution in [0.2, 0.25) is 5.02 Å². The molecule has 2 aromatic carbocycles. The summed E-state index contributed by atoms with van der Waals surface area (Å²) in [6.07, 6.45) is 5.18. The highest BCUT2D eigenvalue weighted by Crippen LogP contribution is 2.32. The monoisotopic (exact) mass is 487 g/mol. The number of aromatic nitrogens is 3. The highest BCUT2D eigenvalue weighted by molar-refractivity contribution is 7.99. The molecule has 3 amide bonds. The maximum Gasteiger partial charge on any atom is 0.321 e. The molecule has 1 aliphatic rings. The lowest BCUT2D eigenvalue weighted by Gasteiger charge is -2.22. The van der Waals surface area contributed by atoms with Crippen molar-refractivity contribution in [2.45, 2.75) is 43.3 Å². The van der Waals surface area contributed by atoms with E-state index in [2.05, 4.69) is 20.8 Å². The normalized spacial score (nSPS) is 14.1. The van der Waals surface area contributed by atoms with Crippen LogP contribution in [0.3, 0.4) is 0 Å². The molecular formula is C23H23ClFN5O2S. The van der Waals surface area contributed by atoms with Gasteiger partial charge >= 0.3 is 6.03 Å². The fourth-order valence-electron chi connectivity index (χ4n) is 3.79. The number of rotatable bonds is 6. The molecule has 0 spiro atoms. The van der Waals surface area contributed by atoms with Crippen LogP contribution in [0.15, 0.2) is 53.7 Å². The van der Waals surface area contributed by atoms with Gasteiger partial charge in [0.15, 0.2) is 11.0 Å². The van der Waals surface area contributed by atoms with Crippen LogP contribution < -0.4 is 10.6 Å². The van der Waals surface area contributed by atoms with Gasteiger partial charge in [-0.15, -0.1) is 10.2 Å². The maximum atomic E-state index is 14.7. The van der Waals surface area contributed by atoms with Gasteiger partial charge in [-0.2, -0.15) is 0 Å². The number of amides is 3. The first-order valence-corrected chi connectivity index (χ1v) is 12.1. The Labute approximate surface area is 200 Å². The third-order valence-corrected chi connectivity index (χ3v) is 6.63. The molecule has 10 heteroatoms. The van der Waals surface area contributed by atoms with E-state index in [4.69, 9.17) is 11.6 Å². The van der Waals surface area contributed by atoms with Crippen LogP contribution in [0.1, 0.15) is 32.1 Å². The fraction of sp³-hybridized carbons (Fsp3) is 0.304. The Morgan fingerprint density at radius 1 is 1.06 bits per heavy atom. The summed E-state index contributed by atoms with van der Waals surface area (Å²) in [4.78, 5) is 24.5. The third-order valence-electron chi connectivity index (χ3n) is 5.37. The average molecular weight is 488 g/mol. The number of thioether (sulfide) groups is 1. The summed E-state index contributed by atoms with van der Waals surface area (Å²) in [6, 6.07) is 12.9. The van der Waals surface area contributed by atoms with Crippen molar-refractivity contribution < 1.29 is 14.0 Å². The molecule has 3 aromatic rings. The number of carbonyl (C=O) groups is 2. The number of hydrogen-bond donors (Lipinski definition) is 2. The number of halogens is 2. The molecule has 1 fully saturated rings. The molecule has 172 valence electrons. The summed E-state index contributed by atoms with van der Waals surface area (Å²) in [7, 11) is 0. The highest BCUT2D eigenvalue weighted by atomic mass is 35.5. The summed E-state index contributed by atoms with van der Waals surface area (Å²) in [6.45, 7) is 0. The Hall–Kier alpha value is -2.91. The van der Waals surface area contributed by atoms with Crippen molar-refractivity contribution in [3.8, 4) is 17.1 Å². The fourth-order valence-corrected chi connectivity index (χ4v) is 4.76. The van der Waals surface area contributed by atoms with Crippen molar-refractivity contribution in [1.29, 1.82) is 0 Å². The zero-order valence-electron chi connectivity index (χ0n) is 17.8. The number of nitrogens with one attached hydrogen (secondary N) is 2. The first-order valence-electron chi connectivity index (χ1n) is 10.7. The zero-order chi connectivity index (χ0) is 23.2. The first kappa shape index (κ1) is 23.3. The van der Waals surface area contributed by atoms with Crippen LogP contribution in [0.4, 0.5) is 9.18 Å². The molecule has 0 aliphatic heterocycles. The van der Waals surface area contributed by atoms with E-state index < -0.39 is 17.8 Å². The van der Waals surface area contributed by atoms with Gasteiger partial charge in [-0.25, -0.2) is 9.18 Å². The second-order valence-electron chi connectivity index (χ2n) is 7.72. The van der Waals surface area contributed by atoms with Crippen molar-refractivity contribution in [3.05, 3.63) is 59.4 Å². The van der Waals surface area contributed by atoms with Gasteiger partial charge in [0.25, 0.3) is 0 Å². The summed E-state index contributed by atoms with van der Waals surface area (Å²) in [5.74, 6) is -0.684. The van der Waals surface area contributed by atoms with Crippen LogP contribution >= 0.6 is 23.4 Å². The Kier molecular flexibility index (Phi) is 7.61. The van der Waals surface area contributed by atoms with E-state index in [0.29, 0.717) is 21.6 Å². The van der Waals surface area contributed by atoms with E-state index in [0.717, 1.165) is 37.4 Å². The molecule has 0 bridgehead atoms. The number of urea groups is 1. The van der Waals surface area contributed by atoms with Gasteiger partial charge in [0.05, 0.1) is 16.5 Å². The van der Waals surface area contributed by atoms with Crippen molar-refractivity contribution in [1.82, 2.24) is 25.4 Å². The summed E-state index contributed by atoms with van der Waals surface area (Å²) >= 11 is 7.40. The molecule has 0 saturated heterocycles. The van der Waals surface area contributed by atoms with E-state index >= 15 is 0 Å². The second-order valence-corrected chi connectivity index (χ2v) is 9.07. The Morgan fingerprint density at radius 2 is 1.79 bits per heavy atom. The number of imide groups is 1. The minimum atomic E-state index is -0.500. The first-order chi connectivity index (χ1) is 16.0. The summed E-state index contributed by atoms with van der Waals surface area (Å²) < 4.78 is 16.2. The second kappa shape index (κ2) is 10.8. The van der Waals surface area contributed by atoms with Gasteiger partial charge in [0, 0.05) is 11.6 Å². The molecule has 33 heavy (non-hydrogen) atoms. The molecule has 1 saturated carbocycles. The van der Waals surface area contributed by atoms with Crippen LogP contribution in [0.25, 0.3) is 17.1 Å². The lowest BCUT2D eigenvalue weighted by Crippen LogP contribution is -2.45. The van der Waals surface area contributed by atoms with Crippen LogP contribution in [-0.2, 0) is 4.79 Å². The molecule has 0 radical (unpaired) electrons. The Morgan fingerprint density at radius 3 is 2.55 bits per heavy atom. The van der Waals surface area contributed by atoms with Crippen molar-refractivity contribution >= 4 is 35.3 Å². The van der Waals surface area contributed by atoms with Crippen LogP contribution in [0, 0.1) is 5.82 Å². The molecular weight excluding hydrogens is 465 g/mol. The predicted octanol–water partition coefficient (Wildman–Crippen LogP) is 4.98. The highest BCUT2D eigenvalue weighted by Gasteiger charge is 2.22. The quantitative estimate of drug-likeness (QED) is 0.479. The van der Waals surface area contributed by atoms with Crippen molar-refractivity contribution in [3.63, 3.8) is 0 Å². The number of hydrogen-bond acceptors (Lipinski definition) is 5. The summed E-state index contributed by atoms with van der Waals surface area (Å²) in [5.41, 5.74) is 0.813. The van der Waals surface area contributed by atoms with Gasteiger partial charge in [-0.1, -0.05) is 66.9 Å². The van der Waals surface area contributed by atoms with Gasteiger partial charge in [0.2, 0.25) is 5.91 Å². The van der Waals surface area contributed by atoms with Crippen LogP contribution in [-0.4, -0.2) is 38.5 Å². The van der Waals surface area contributed by atoms with Crippen molar-refractivity contribution in [2.24, 2.45) is 0 Å². The van der Waals surface area contributed by atoms with E-state index in [1.807, 2.05) is 0 Å². The third kappa shape index (κ3) is 5.72. The molecule has 1 heterocycles. The number of para-hydroxylation sites is 1. The smallest absolute Gasteiger partial charge is 0.321 e. The van der Waals surface area contributed by atoms with Gasteiger partial charge in [-0.3, -0.25) is 14.7 Å². The number of nitrogens with zero attached hydrogens (tertiary/aromatic N) is 3. The largest absolute Gasteiger partial charge is 0.335 e. The van der Waals surface area contributed by atoms with E-state index in [1.54, 1.807) is 42.5 Å². The molecule has 7 nitrogen and oxygen atoms in total. The molecule has 0 atom stereocenters. The minimum absolute atomic E-state index is 0.0901. The topological polar surface area (TPSA) is 88.9 Å². The molecule has 1 aromatic heterocycles. The van der Waals surface area contributed by atoms with Crippen LogP contribution in [0.5, 0.6) is 0 Å². The summed E-state index contributed by atoms with van der Waals surface area (Å²) in [5, 5.41) is 14.3. The molecule has 4 rings (SSSR count). The molecule has 2 N–H and O–H groups in total. The molecule has 1 aliphatic carbocycles. The van der Waals surface area contributed by atoms with Gasteiger partial charge in [-0.05, 0) is 37.1 Å². The Bertz CT molecular complexity index is 1150. The number of benzene rings is 2. The average Bonchev–Trinajstić information content (AvgIpc) is 3.22. The van der Waals surface area contributed by atoms with E-state index in [1.165, 1.54) is 17.1 Å². The van der Waals surface area contributed by atoms with Crippen molar-refractivity contribution in [2.75, 3.05) is 5.75 Å².